The molecule has 0 spiro atoms. The number of para-hydroxylation sites is 1. The van der Waals surface area contributed by atoms with Gasteiger partial charge in [-0.15, -0.1) is 0 Å². The monoisotopic (exact) mass is 247 g/mol. The maximum absolute atomic E-state index is 6.09. The number of hydrogen-bond acceptors (Lipinski definition) is 2. The van der Waals surface area contributed by atoms with Crippen molar-refractivity contribution in [3.8, 4) is 5.75 Å². The predicted octanol–water partition coefficient (Wildman–Crippen LogP) is 3.72. The van der Waals surface area contributed by atoms with Gasteiger partial charge in [-0.3, -0.25) is 0 Å². The van der Waals surface area contributed by atoms with Crippen LogP contribution in [-0.4, -0.2) is 18.7 Å². The van der Waals surface area contributed by atoms with Gasteiger partial charge in [-0.25, -0.2) is 0 Å². The van der Waals surface area contributed by atoms with Gasteiger partial charge in [-0.05, 0) is 45.4 Å². The molecule has 0 radical (unpaired) electrons. The first-order valence-electron chi connectivity index (χ1n) is 7.02. The van der Waals surface area contributed by atoms with Crippen molar-refractivity contribution in [1.29, 1.82) is 0 Å². The van der Waals surface area contributed by atoms with Crippen molar-refractivity contribution in [3.05, 3.63) is 29.8 Å². The minimum absolute atomic E-state index is 0.0676. The first-order valence-corrected chi connectivity index (χ1v) is 7.02. The lowest BCUT2D eigenvalue weighted by atomic mass is 9.78. The van der Waals surface area contributed by atoms with Gasteiger partial charge < -0.3 is 10.1 Å². The lowest BCUT2D eigenvalue weighted by molar-refractivity contribution is 0.0646. The summed E-state index contributed by atoms with van der Waals surface area (Å²) in [6.07, 6.45) is 3.51. The SMILES string of the molecule is CCCC(NC)C1CC(C)(C)Oc2ccccc21. The Bertz CT molecular complexity index is 400. The zero-order valence-electron chi connectivity index (χ0n) is 12.0. The van der Waals surface area contributed by atoms with Crippen molar-refractivity contribution in [2.45, 2.75) is 57.6 Å². The molecule has 0 aliphatic carbocycles. The highest BCUT2D eigenvalue weighted by atomic mass is 16.5. The molecule has 2 rings (SSSR count). The average Bonchev–Trinajstić information content (AvgIpc) is 2.34. The summed E-state index contributed by atoms with van der Waals surface area (Å²) in [6, 6.07) is 9.04. The molecule has 1 aromatic rings. The Hall–Kier alpha value is -1.02. The summed E-state index contributed by atoms with van der Waals surface area (Å²) in [7, 11) is 2.07. The Balaban J connectivity index is 2.34. The van der Waals surface area contributed by atoms with Gasteiger partial charge >= 0.3 is 0 Å². The van der Waals surface area contributed by atoms with Crippen LogP contribution in [0.1, 0.15) is 51.5 Å². The lowest BCUT2D eigenvalue weighted by Crippen LogP contribution is -2.42. The zero-order valence-corrected chi connectivity index (χ0v) is 12.0. The number of likely N-dealkylation sites (N-methyl/N-ethyl adjacent to an activating group) is 1. The van der Waals surface area contributed by atoms with E-state index in [2.05, 4.69) is 57.4 Å². The van der Waals surface area contributed by atoms with Gasteiger partial charge in [0.25, 0.3) is 0 Å². The number of ether oxygens (including phenoxy) is 1. The molecule has 1 aliphatic rings. The highest BCUT2D eigenvalue weighted by molar-refractivity contribution is 5.40. The normalized spacial score (nSPS) is 23.0. The van der Waals surface area contributed by atoms with E-state index in [1.807, 2.05) is 0 Å². The van der Waals surface area contributed by atoms with Crippen LogP contribution >= 0.6 is 0 Å². The largest absolute Gasteiger partial charge is 0.488 e. The maximum Gasteiger partial charge on any atom is 0.123 e. The summed E-state index contributed by atoms with van der Waals surface area (Å²) in [5, 5.41) is 3.50. The standard InChI is InChI=1S/C16H25NO/c1-5-8-14(17-4)13-11-16(2,3)18-15-10-7-6-9-12(13)15/h6-7,9-10,13-14,17H,5,8,11H2,1-4H3. The highest BCUT2D eigenvalue weighted by Gasteiger charge is 2.36. The topological polar surface area (TPSA) is 21.3 Å². The van der Waals surface area contributed by atoms with E-state index in [0.717, 1.165) is 12.2 Å². The summed E-state index contributed by atoms with van der Waals surface area (Å²) in [6.45, 7) is 6.63. The van der Waals surface area contributed by atoms with Crippen molar-refractivity contribution in [1.82, 2.24) is 5.32 Å². The quantitative estimate of drug-likeness (QED) is 0.875. The van der Waals surface area contributed by atoms with Gasteiger partial charge in [0.05, 0.1) is 0 Å². The molecule has 1 aliphatic heterocycles. The molecule has 18 heavy (non-hydrogen) atoms. The van der Waals surface area contributed by atoms with Crippen LogP contribution in [0.5, 0.6) is 5.75 Å². The first-order chi connectivity index (χ1) is 8.57. The van der Waals surface area contributed by atoms with Crippen LogP contribution in [0.2, 0.25) is 0 Å². The number of benzene rings is 1. The van der Waals surface area contributed by atoms with Crippen LogP contribution in [-0.2, 0) is 0 Å². The van der Waals surface area contributed by atoms with Crippen LogP contribution in [0.4, 0.5) is 0 Å². The molecule has 1 heterocycles. The molecular weight excluding hydrogens is 222 g/mol. The van der Waals surface area contributed by atoms with Crippen LogP contribution in [0.15, 0.2) is 24.3 Å². The summed E-state index contributed by atoms with van der Waals surface area (Å²) in [5.41, 5.74) is 1.30. The molecule has 1 aromatic carbocycles. The van der Waals surface area contributed by atoms with Crippen LogP contribution in [0.3, 0.4) is 0 Å². The highest BCUT2D eigenvalue weighted by Crippen LogP contribution is 2.42. The number of nitrogens with one attached hydrogen (secondary N) is 1. The Labute approximate surface area is 111 Å². The molecule has 100 valence electrons. The van der Waals surface area contributed by atoms with Crippen LogP contribution < -0.4 is 10.1 Å². The Morgan fingerprint density at radius 3 is 2.78 bits per heavy atom. The van der Waals surface area contributed by atoms with Crippen molar-refractivity contribution in [2.75, 3.05) is 7.05 Å². The van der Waals surface area contributed by atoms with Crippen molar-refractivity contribution in [2.24, 2.45) is 0 Å². The number of hydrogen-bond donors (Lipinski definition) is 1. The molecule has 2 atom stereocenters. The molecule has 1 N–H and O–H groups in total. The maximum atomic E-state index is 6.09. The summed E-state index contributed by atoms with van der Waals surface area (Å²) >= 11 is 0. The van der Waals surface area contributed by atoms with Crippen LogP contribution in [0, 0.1) is 0 Å². The summed E-state index contributed by atoms with van der Waals surface area (Å²) < 4.78 is 6.09. The van der Waals surface area contributed by atoms with Crippen molar-refractivity contribution in [3.63, 3.8) is 0 Å². The fraction of sp³-hybridized carbons (Fsp3) is 0.625. The van der Waals surface area contributed by atoms with E-state index < -0.39 is 0 Å². The molecule has 0 fully saturated rings. The van der Waals surface area contributed by atoms with E-state index in [-0.39, 0.29) is 5.60 Å². The van der Waals surface area contributed by atoms with Gasteiger partial charge in [0.1, 0.15) is 11.4 Å². The first kappa shape index (κ1) is 13.4. The van der Waals surface area contributed by atoms with Crippen molar-refractivity contribution >= 4 is 0 Å². The van der Waals surface area contributed by atoms with Gasteiger partial charge in [0.2, 0.25) is 0 Å². The van der Waals surface area contributed by atoms with E-state index in [1.165, 1.54) is 18.4 Å². The zero-order chi connectivity index (χ0) is 13.2. The Kier molecular flexibility index (Phi) is 3.96. The van der Waals surface area contributed by atoms with E-state index in [4.69, 9.17) is 4.74 Å². The third-order valence-corrected chi connectivity index (χ3v) is 3.87. The molecule has 0 amide bonds. The molecule has 0 saturated heterocycles. The van der Waals surface area contributed by atoms with Gasteiger partial charge in [0, 0.05) is 12.0 Å². The molecular formula is C16H25NO. The molecule has 0 bridgehead atoms. The second kappa shape index (κ2) is 5.31. The average molecular weight is 247 g/mol. The minimum Gasteiger partial charge on any atom is -0.488 e. The fourth-order valence-electron chi connectivity index (χ4n) is 3.08. The van der Waals surface area contributed by atoms with E-state index in [9.17, 15) is 0 Å². The smallest absolute Gasteiger partial charge is 0.123 e. The van der Waals surface area contributed by atoms with Gasteiger partial charge in [-0.1, -0.05) is 31.5 Å². The van der Waals surface area contributed by atoms with Crippen LogP contribution in [0.25, 0.3) is 0 Å². The lowest BCUT2D eigenvalue weighted by Gasteiger charge is -2.40. The van der Waals surface area contributed by atoms with Gasteiger partial charge in [0.15, 0.2) is 0 Å². The Morgan fingerprint density at radius 2 is 2.11 bits per heavy atom. The fourth-order valence-corrected chi connectivity index (χ4v) is 3.08. The predicted molar refractivity (Wildman–Crippen MR) is 76.3 cm³/mol. The molecule has 2 heteroatoms. The number of rotatable bonds is 4. The molecule has 2 unspecified atom stereocenters. The molecule has 0 saturated carbocycles. The van der Waals surface area contributed by atoms with Crippen molar-refractivity contribution < 1.29 is 4.74 Å². The van der Waals surface area contributed by atoms with E-state index >= 15 is 0 Å². The minimum atomic E-state index is -0.0676. The van der Waals surface area contributed by atoms with Gasteiger partial charge in [-0.2, -0.15) is 0 Å². The summed E-state index contributed by atoms with van der Waals surface area (Å²) in [4.78, 5) is 0. The van der Waals surface area contributed by atoms with E-state index in [1.54, 1.807) is 0 Å². The third-order valence-electron chi connectivity index (χ3n) is 3.87. The second-order valence-corrected chi connectivity index (χ2v) is 5.89. The molecule has 2 nitrogen and oxygen atoms in total. The summed E-state index contributed by atoms with van der Waals surface area (Å²) in [5.74, 6) is 1.62. The third kappa shape index (κ3) is 2.69. The number of fused-ring (bicyclic) bond motifs is 1. The van der Waals surface area contributed by atoms with E-state index in [0.29, 0.717) is 12.0 Å². The second-order valence-electron chi connectivity index (χ2n) is 5.89. The Morgan fingerprint density at radius 1 is 1.39 bits per heavy atom. The molecule has 0 aromatic heterocycles.